The maximum absolute atomic E-state index is 12.4. The molecule has 1 aromatic carbocycles. The second-order valence-electron chi connectivity index (χ2n) is 5.22. The quantitative estimate of drug-likeness (QED) is 0.646. The molecule has 0 fully saturated rings. The third-order valence-electron chi connectivity index (χ3n) is 3.52. The summed E-state index contributed by atoms with van der Waals surface area (Å²) in [6.45, 7) is 1.00. The summed E-state index contributed by atoms with van der Waals surface area (Å²) in [5, 5.41) is 10.3. The number of rotatable bonds is 7. The van der Waals surface area contributed by atoms with Gasteiger partial charge >= 0.3 is 0 Å². The largest absolute Gasteiger partial charge is 0.493 e. The number of pyridine rings is 1. The molecule has 0 saturated carbocycles. The third-order valence-corrected chi connectivity index (χ3v) is 3.52. The minimum atomic E-state index is -0.283. The molecule has 3 rings (SSSR count). The molecule has 0 saturated heterocycles. The maximum atomic E-state index is 12.4. The average molecular weight is 337 g/mol. The van der Waals surface area contributed by atoms with Crippen LogP contribution in [0.5, 0.6) is 5.75 Å². The molecule has 0 aliphatic carbocycles. The summed E-state index contributed by atoms with van der Waals surface area (Å²) >= 11 is 0. The zero-order chi connectivity index (χ0) is 17.5. The molecule has 2 N–H and O–H groups in total. The number of methoxy groups -OCH3 is 1. The number of anilines is 1. The molecular weight excluding hydrogens is 318 g/mol. The van der Waals surface area contributed by atoms with Gasteiger partial charge in [0.05, 0.1) is 19.0 Å². The Bertz CT molecular complexity index is 818. The van der Waals surface area contributed by atoms with E-state index in [1.807, 2.05) is 48.5 Å². The van der Waals surface area contributed by atoms with E-state index in [-0.39, 0.29) is 11.6 Å². The van der Waals surface area contributed by atoms with Crippen molar-refractivity contribution in [3.05, 3.63) is 66.6 Å². The van der Waals surface area contributed by atoms with Gasteiger partial charge in [0.1, 0.15) is 5.82 Å². The van der Waals surface area contributed by atoms with E-state index in [9.17, 15) is 4.79 Å². The Morgan fingerprint density at radius 2 is 1.92 bits per heavy atom. The summed E-state index contributed by atoms with van der Waals surface area (Å²) in [6, 6.07) is 15.2. The lowest BCUT2D eigenvalue weighted by Gasteiger charge is -2.06. The van der Waals surface area contributed by atoms with Crippen LogP contribution < -0.4 is 15.4 Å². The van der Waals surface area contributed by atoms with Crippen LogP contribution in [0.4, 0.5) is 5.82 Å². The Hall–Kier alpha value is -3.35. The Morgan fingerprint density at radius 1 is 1.12 bits per heavy atom. The molecular formula is C18H19N5O2. The Morgan fingerprint density at radius 3 is 2.64 bits per heavy atom. The molecule has 3 aromatic rings. The molecule has 0 bridgehead atoms. The standard InChI is InChI=1S/C18H19N5O2/c1-25-15-13-23(14-7-3-2-4-8-14)22-17(15)18(24)21-12-11-20-16-9-5-6-10-19-16/h2-10,13H,11-12H2,1H3,(H,19,20)(H,21,24). The van der Waals surface area contributed by atoms with Crippen LogP contribution in [0.2, 0.25) is 0 Å². The average Bonchev–Trinajstić information content (AvgIpc) is 3.11. The molecule has 7 nitrogen and oxygen atoms in total. The van der Waals surface area contributed by atoms with Gasteiger partial charge in [-0.25, -0.2) is 9.67 Å². The van der Waals surface area contributed by atoms with Crippen LogP contribution in [0.1, 0.15) is 10.5 Å². The fourth-order valence-corrected chi connectivity index (χ4v) is 2.30. The predicted octanol–water partition coefficient (Wildman–Crippen LogP) is 2.12. The monoisotopic (exact) mass is 337 g/mol. The van der Waals surface area contributed by atoms with Gasteiger partial charge < -0.3 is 15.4 Å². The van der Waals surface area contributed by atoms with Gasteiger partial charge in [0, 0.05) is 19.3 Å². The van der Waals surface area contributed by atoms with Crippen LogP contribution in [0.3, 0.4) is 0 Å². The van der Waals surface area contributed by atoms with Crippen molar-refractivity contribution in [3.63, 3.8) is 0 Å². The van der Waals surface area contributed by atoms with Crippen molar-refractivity contribution in [1.82, 2.24) is 20.1 Å². The first-order valence-electron chi connectivity index (χ1n) is 7.90. The lowest BCUT2D eigenvalue weighted by Crippen LogP contribution is -2.29. The fourth-order valence-electron chi connectivity index (χ4n) is 2.30. The Labute approximate surface area is 145 Å². The highest BCUT2D eigenvalue weighted by molar-refractivity contribution is 5.94. The first-order valence-corrected chi connectivity index (χ1v) is 7.90. The SMILES string of the molecule is COc1cn(-c2ccccc2)nc1C(=O)NCCNc1ccccn1. The van der Waals surface area contributed by atoms with E-state index in [1.54, 1.807) is 17.1 Å². The number of hydrogen-bond acceptors (Lipinski definition) is 5. The minimum absolute atomic E-state index is 0.254. The van der Waals surface area contributed by atoms with Gasteiger partial charge in [-0.15, -0.1) is 0 Å². The highest BCUT2D eigenvalue weighted by Gasteiger charge is 2.17. The summed E-state index contributed by atoms with van der Waals surface area (Å²) in [6.07, 6.45) is 3.40. The van der Waals surface area contributed by atoms with Crippen molar-refractivity contribution >= 4 is 11.7 Å². The Kier molecular flexibility index (Phi) is 5.26. The van der Waals surface area contributed by atoms with Gasteiger partial charge in [0.2, 0.25) is 0 Å². The van der Waals surface area contributed by atoms with Gasteiger partial charge in [-0.3, -0.25) is 4.79 Å². The van der Waals surface area contributed by atoms with Crippen molar-refractivity contribution < 1.29 is 9.53 Å². The topological polar surface area (TPSA) is 81.1 Å². The molecule has 25 heavy (non-hydrogen) atoms. The highest BCUT2D eigenvalue weighted by atomic mass is 16.5. The van der Waals surface area contributed by atoms with Crippen molar-refractivity contribution in [3.8, 4) is 11.4 Å². The number of benzene rings is 1. The van der Waals surface area contributed by atoms with Gasteiger partial charge in [0.15, 0.2) is 11.4 Å². The molecule has 0 aliphatic rings. The number of nitrogens with one attached hydrogen (secondary N) is 2. The number of nitrogens with zero attached hydrogens (tertiary/aromatic N) is 3. The molecule has 0 radical (unpaired) electrons. The van der Waals surface area contributed by atoms with E-state index >= 15 is 0 Å². The normalized spacial score (nSPS) is 10.3. The summed E-state index contributed by atoms with van der Waals surface area (Å²) in [5.74, 6) is 0.913. The third kappa shape index (κ3) is 4.14. The molecule has 0 spiro atoms. The van der Waals surface area contributed by atoms with Gasteiger partial charge in [-0.05, 0) is 24.3 Å². The zero-order valence-electron chi connectivity index (χ0n) is 13.8. The number of carbonyl (C=O) groups is 1. The van der Waals surface area contributed by atoms with Crippen LogP contribution in [-0.4, -0.2) is 40.9 Å². The van der Waals surface area contributed by atoms with E-state index in [2.05, 4.69) is 20.7 Å². The van der Waals surface area contributed by atoms with Crippen LogP contribution in [0, 0.1) is 0 Å². The lowest BCUT2D eigenvalue weighted by atomic mass is 10.3. The molecule has 1 amide bonds. The summed E-state index contributed by atoms with van der Waals surface area (Å²) in [4.78, 5) is 16.5. The van der Waals surface area contributed by atoms with Gasteiger partial charge in [0.25, 0.3) is 5.91 Å². The van der Waals surface area contributed by atoms with Crippen LogP contribution >= 0.6 is 0 Å². The second kappa shape index (κ2) is 7.96. The summed E-state index contributed by atoms with van der Waals surface area (Å²) in [5.41, 5.74) is 1.11. The first kappa shape index (κ1) is 16.5. The van der Waals surface area contributed by atoms with Gasteiger partial charge in [-0.1, -0.05) is 24.3 Å². The Balaban J connectivity index is 1.60. The minimum Gasteiger partial charge on any atom is -0.493 e. The van der Waals surface area contributed by atoms with Gasteiger partial charge in [-0.2, -0.15) is 5.10 Å². The predicted molar refractivity (Wildman–Crippen MR) is 95.2 cm³/mol. The molecule has 2 heterocycles. The summed E-state index contributed by atoms with van der Waals surface area (Å²) in [7, 11) is 1.52. The van der Waals surface area contributed by atoms with Crippen molar-refractivity contribution in [2.24, 2.45) is 0 Å². The molecule has 0 aliphatic heterocycles. The number of para-hydroxylation sites is 1. The van der Waals surface area contributed by atoms with Crippen molar-refractivity contribution in [1.29, 1.82) is 0 Å². The van der Waals surface area contributed by atoms with E-state index in [0.717, 1.165) is 11.5 Å². The molecule has 0 unspecified atom stereocenters. The number of aromatic nitrogens is 3. The van der Waals surface area contributed by atoms with Crippen LogP contribution in [0.15, 0.2) is 60.9 Å². The lowest BCUT2D eigenvalue weighted by molar-refractivity contribution is 0.0947. The van der Waals surface area contributed by atoms with Crippen LogP contribution in [-0.2, 0) is 0 Å². The molecule has 2 aromatic heterocycles. The highest BCUT2D eigenvalue weighted by Crippen LogP contribution is 2.19. The molecule has 0 atom stereocenters. The van der Waals surface area contributed by atoms with E-state index < -0.39 is 0 Å². The van der Waals surface area contributed by atoms with Crippen molar-refractivity contribution in [2.45, 2.75) is 0 Å². The van der Waals surface area contributed by atoms with Crippen molar-refractivity contribution in [2.75, 3.05) is 25.5 Å². The first-order chi connectivity index (χ1) is 12.3. The maximum Gasteiger partial charge on any atom is 0.275 e. The van der Waals surface area contributed by atoms with Crippen LogP contribution in [0.25, 0.3) is 5.69 Å². The van der Waals surface area contributed by atoms with E-state index in [4.69, 9.17) is 4.74 Å². The fraction of sp³-hybridized carbons (Fsp3) is 0.167. The number of hydrogen-bond donors (Lipinski definition) is 2. The molecule has 7 heteroatoms. The van der Waals surface area contributed by atoms with E-state index in [0.29, 0.717) is 18.8 Å². The number of amides is 1. The number of ether oxygens (including phenoxy) is 1. The molecule has 128 valence electrons. The van der Waals surface area contributed by atoms with E-state index in [1.165, 1.54) is 7.11 Å². The summed E-state index contributed by atoms with van der Waals surface area (Å²) < 4.78 is 6.90. The second-order valence-corrected chi connectivity index (χ2v) is 5.22. The number of carbonyl (C=O) groups excluding carboxylic acids is 1. The smallest absolute Gasteiger partial charge is 0.275 e. The zero-order valence-corrected chi connectivity index (χ0v) is 13.8.